The Morgan fingerprint density at radius 3 is 2.39 bits per heavy atom. The van der Waals surface area contributed by atoms with Crippen LogP contribution in [0.1, 0.15) is 69.4 Å². The van der Waals surface area contributed by atoms with Crippen LogP contribution in [0.25, 0.3) is 0 Å². The van der Waals surface area contributed by atoms with Crippen LogP contribution in [0.4, 0.5) is 5.69 Å². The van der Waals surface area contributed by atoms with Crippen LogP contribution in [-0.2, 0) is 14.8 Å². The smallest absolute Gasteiger partial charge is 0.270 e. The molecule has 1 N–H and O–H groups in total. The van der Waals surface area contributed by atoms with E-state index in [1.165, 1.54) is 6.42 Å². The second-order valence-corrected chi connectivity index (χ2v) is 10.6. The Bertz CT molecular complexity index is 992. The molecule has 1 aliphatic rings. The number of carbonyl (C=O) groups excluding carboxylic acids is 1. The Hall–Kier alpha value is -2.35. The van der Waals surface area contributed by atoms with E-state index in [2.05, 4.69) is 31.2 Å². The highest BCUT2D eigenvalue weighted by molar-refractivity contribution is 7.93. The van der Waals surface area contributed by atoms with Crippen molar-refractivity contribution in [2.45, 2.75) is 77.2 Å². The lowest BCUT2D eigenvalue weighted by molar-refractivity contribution is -0.120. The summed E-state index contributed by atoms with van der Waals surface area (Å²) < 4.78 is 33.4. The molecular weight excluding hydrogens is 414 g/mol. The molecule has 170 valence electrons. The second-order valence-electron chi connectivity index (χ2n) is 8.85. The maximum atomic E-state index is 13.6. The highest BCUT2D eigenvalue weighted by atomic mass is 32.2. The van der Waals surface area contributed by atoms with Gasteiger partial charge in [-0.05, 0) is 56.2 Å². The first-order valence-electron chi connectivity index (χ1n) is 11.0. The van der Waals surface area contributed by atoms with Crippen molar-refractivity contribution in [3.63, 3.8) is 0 Å². The van der Waals surface area contributed by atoms with Gasteiger partial charge in [-0.1, -0.05) is 50.9 Å². The van der Waals surface area contributed by atoms with Crippen molar-refractivity contribution in [1.82, 2.24) is 10.5 Å². The summed E-state index contributed by atoms with van der Waals surface area (Å²) in [6.45, 7) is 9.14. The van der Waals surface area contributed by atoms with Gasteiger partial charge in [0.2, 0.25) is 5.91 Å². The molecule has 31 heavy (non-hydrogen) atoms. The van der Waals surface area contributed by atoms with E-state index in [0.717, 1.165) is 29.1 Å². The largest absolute Gasteiger partial charge is 0.360 e. The molecular formula is C23H33N3O4S. The molecule has 3 rings (SSSR count). The summed E-state index contributed by atoms with van der Waals surface area (Å²) in [6.07, 6.45) is 4.24. The normalized spacial score (nSPS) is 19.4. The fraction of sp³-hybridized carbons (Fsp3) is 0.565. The average molecular weight is 448 g/mol. The lowest BCUT2D eigenvalue weighted by atomic mass is 9.86. The molecule has 2 aromatic rings. The zero-order valence-corrected chi connectivity index (χ0v) is 19.8. The van der Waals surface area contributed by atoms with Gasteiger partial charge in [-0.3, -0.25) is 9.10 Å². The first-order chi connectivity index (χ1) is 14.6. The van der Waals surface area contributed by atoms with E-state index in [9.17, 15) is 13.2 Å². The van der Waals surface area contributed by atoms with Crippen molar-refractivity contribution in [3.8, 4) is 0 Å². The molecule has 1 aromatic carbocycles. The van der Waals surface area contributed by atoms with E-state index < -0.39 is 10.0 Å². The minimum absolute atomic E-state index is 0.0132. The molecule has 1 saturated carbocycles. The quantitative estimate of drug-likeness (QED) is 0.683. The number of anilines is 1. The van der Waals surface area contributed by atoms with E-state index in [1.807, 2.05) is 12.1 Å². The monoisotopic (exact) mass is 447 g/mol. The van der Waals surface area contributed by atoms with Crippen LogP contribution in [0.15, 0.2) is 33.7 Å². The number of rotatable bonds is 7. The van der Waals surface area contributed by atoms with E-state index in [4.69, 9.17) is 4.52 Å². The minimum Gasteiger partial charge on any atom is -0.360 e. The predicted molar refractivity (Wildman–Crippen MR) is 121 cm³/mol. The van der Waals surface area contributed by atoms with Crippen LogP contribution in [-0.4, -0.2) is 32.1 Å². The average Bonchev–Trinajstić information content (AvgIpc) is 3.06. The Morgan fingerprint density at radius 2 is 1.84 bits per heavy atom. The van der Waals surface area contributed by atoms with Gasteiger partial charge in [0, 0.05) is 6.04 Å². The van der Waals surface area contributed by atoms with E-state index in [-0.39, 0.29) is 34.8 Å². The maximum absolute atomic E-state index is 13.6. The van der Waals surface area contributed by atoms with Gasteiger partial charge in [-0.25, -0.2) is 8.42 Å². The Balaban J connectivity index is 1.93. The van der Waals surface area contributed by atoms with Crippen molar-refractivity contribution in [2.24, 2.45) is 5.92 Å². The van der Waals surface area contributed by atoms with Gasteiger partial charge in [0.1, 0.15) is 12.2 Å². The molecule has 0 bridgehead atoms. The number of nitrogens with one attached hydrogen (secondary N) is 1. The van der Waals surface area contributed by atoms with Crippen LogP contribution >= 0.6 is 0 Å². The summed E-state index contributed by atoms with van der Waals surface area (Å²) in [7, 11) is -4.04. The number of hydrogen-bond donors (Lipinski definition) is 1. The number of hydrogen-bond acceptors (Lipinski definition) is 5. The first kappa shape index (κ1) is 23.3. The number of benzene rings is 1. The molecule has 0 radical (unpaired) electrons. The summed E-state index contributed by atoms with van der Waals surface area (Å²) in [5.74, 6) is 0.609. The highest BCUT2D eigenvalue weighted by Crippen LogP contribution is 2.29. The number of nitrogens with zero attached hydrogens (tertiary/aromatic N) is 2. The second kappa shape index (κ2) is 9.42. The van der Waals surface area contributed by atoms with Crippen molar-refractivity contribution in [1.29, 1.82) is 0 Å². The van der Waals surface area contributed by atoms with Crippen molar-refractivity contribution in [2.75, 3.05) is 10.8 Å². The fourth-order valence-electron chi connectivity index (χ4n) is 4.21. The number of amides is 1. The summed E-state index contributed by atoms with van der Waals surface area (Å²) in [4.78, 5) is 13.0. The standard InChI is InChI=1S/C23H33N3O4S/c1-15(2)19-10-12-20(13-11-19)26(31(28,29)23-17(4)25-30-18(23)5)14-22(27)24-21-9-7-6-8-16(21)3/h10-13,15-16,21H,6-9,14H2,1-5H3,(H,24,27)/t16-,21-/m1/s1. The number of aryl methyl sites for hydroxylation is 2. The molecule has 1 fully saturated rings. The number of aromatic nitrogens is 1. The van der Waals surface area contributed by atoms with E-state index >= 15 is 0 Å². The van der Waals surface area contributed by atoms with Crippen LogP contribution in [0.2, 0.25) is 0 Å². The van der Waals surface area contributed by atoms with Gasteiger partial charge < -0.3 is 9.84 Å². The molecule has 7 nitrogen and oxygen atoms in total. The molecule has 1 amide bonds. The predicted octanol–water partition coefficient (Wildman–Crippen LogP) is 4.31. The van der Waals surface area contributed by atoms with Crippen LogP contribution in [0, 0.1) is 19.8 Å². The fourth-order valence-corrected chi connectivity index (χ4v) is 5.93. The van der Waals surface area contributed by atoms with Crippen molar-refractivity contribution < 1.29 is 17.7 Å². The van der Waals surface area contributed by atoms with Crippen molar-refractivity contribution >= 4 is 21.6 Å². The first-order valence-corrected chi connectivity index (χ1v) is 12.4. The van der Waals surface area contributed by atoms with Gasteiger partial charge in [0.05, 0.1) is 5.69 Å². The molecule has 1 aromatic heterocycles. The molecule has 0 saturated heterocycles. The third-order valence-corrected chi connectivity index (χ3v) is 8.13. The molecule has 0 unspecified atom stereocenters. The Kier molecular flexibility index (Phi) is 7.09. The third kappa shape index (κ3) is 5.11. The summed E-state index contributed by atoms with van der Waals surface area (Å²) in [5, 5.41) is 6.86. The highest BCUT2D eigenvalue weighted by Gasteiger charge is 2.33. The van der Waals surface area contributed by atoms with Gasteiger partial charge in [0.15, 0.2) is 10.7 Å². The lowest BCUT2D eigenvalue weighted by Crippen LogP contribution is -2.47. The zero-order chi connectivity index (χ0) is 22.8. The third-order valence-electron chi connectivity index (χ3n) is 6.11. The zero-order valence-electron chi connectivity index (χ0n) is 19.0. The SMILES string of the molecule is Cc1noc(C)c1S(=O)(=O)N(CC(=O)N[C@@H]1CCCC[C@H]1C)c1ccc(C(C)C)cc1. The molecule has 8 heteroatoms. The van der Waals surface area contributed by atoms with E-state index in [1.54, 1.807) is 26.0 Å². The molecule has 2 atom stereocenters. The summed E-state index contributed by atoms with van der Waals surface area (Å²) >= 11 is 0. The lowest BCUT2D eigenvalue weighted by Gasteiger charge is -2.31. The number of carbonyl (C=O) groups is 1. The molecule has 1 heterocycles. The minimum atomic E-state index is -4.04. The summed E-state index contributed by atoms with van der Waals surface area (Å²) in [6, 6.07) is 7.38. The topological polar surface area (TPSA) is 92.5 Å². The maximum Gasteiger partial charge on any atom is 0.270 e. The number of sulfonamides is 1. The van der Waals surface area contributed by atoms with Gasteiger partial charge >= 0.3 is 0 Å². The molecule has 0 aliphatic heterocycles. The van der Waals surface area contributed by atoms with Gasteiger partial charge in [-0.2, -0.15) is 0 Å². The van der Waals surface area contributed by atoms with Gasteiger partial charge in [0.25, 0.3) is 10.0 Å². The molecule has 1 aliphatic carbocycles. The van der Waals surface area contributed by atoms with Crippen molar-refractivity contribution in [3.05, 3.63) is 41.3 Å². The Morgan fingerprint density at radius 1 is 1.19 bits per heavy atom. The Labute approximate surface area is 185 Å². The van der Waals surface area contributed by atoms with E-state index in [0.29, 0.717) is 17.5 Å². The van der Waals surface area contributed by atoms with Crippen LogP contribution in [0.3, 0.4) is 0 Å². The van der Waals surface area contributed by atoms with Crippen LogP contribution in [0.5, 0.6) is 0 Å². The van der Waals surface area contributed by atoms with Crippen LogP contribution < -0.4 is 9.62 Å². The molecule has 0 spiro atoms. The van der Waals surface area contributed by atoms with Gasteiger partial charge in [-0.15, -0.1) is 0 Å². The summed E-state index contributed by atoms with van der Waals surface area (Å²) in [5.41, 5.74) is 1.82.